The highest BCUT2D eigenvalue weighted by Gasteiger charge is 2.10. The van der Waals surface area contributed by atoms with Crippen molar-refractivity contribution in [2.45, 2.75) is 19.3 Å². The third kappa shape index (κ3) is 1.81. The average molecular weight is 173 g/mol. The van der Waals surface area contributed by atoms with Crippen LogP contribution in [0.4, 0.5) is 0 Å². The molecular formula is C12H15N. The summed E-state index contributed by atoms with van der Waals surface area (Å²) in [6.07, 6.45) is 5.64. The molecule has 2 rings (SSSR count). The Morgan fingerprint density at radius 3 is 2.69 bits per heavy atom. The molecule has 0 spiro atoms. The quantitative estimate of drug-likeness (QED) is 0.646. The van der Waals surface area contributed by atoms with Crippen molar-refractivity contribution in [3.8, 4) is 0 Å². The number of hydrogen-bond donors (Lipinski definition) is 1. The second-order valence-corrected chi connectivity index (χ2v) is 3.54. The molecule has 1 aliphatic rings. The minimum atomic E-state index is 0.678. The molecule has 1 aromatic rings. The predicted octanol–water partition coefficient (Wildman–Crippen LogP) is 2.06. The second kappa shape index (κ2) is 3.75. The normalized spacial score (nSPS) is 18.7. The van der Waals surface area contributed by atoms with Crippen LogP contribution in [-0.2, 0) is 12.8 Å². The summed E-state index contributed by atoms with van der Waals surface area (Å²) >= 11 is 0. The molecule has 0 atom stereocenters. The Bertz CT molecular complexity index is 326. The summed E-state index contributed by atoms with van der Waals surface area (Å²) < 4.78 is 0. The van der Waals surface area contributed by atoms with E-state index in [4.69, 9.17) is 5.73 Å². The van der Waals surface area contributed by atoms with Crippen molar-refractivity contribution in [2.24, 2.45) is 5.73 Å². The summed E-state index contributed by atoms with van der Waals surface area (Å²) in [5.41, 5.74) is 9.99. The van der Waals surface area contributed by atoms with Gasteiger partial charge in [-0.2, -0.15) is 0 Å². The fourth-order valence-corrected chi connectivity index (χ4v) is 1.94. The molecule has 0 heterocycles. The summed E-state index contributed by atoms with van der Waals surface area (Å²) in [6, 6.07) is 8.69. The number of benzene rings is 1. The fourth-order valence-electron chi connectivity index (χ4n) is 1.94. The molecular weight excluding hydrogens is 158 g/mol. The lowest BCUT2D eigenvalue weighted by Gasteiger charge is -2.18. The summed E-state index contributed by atoms with van der Waals surface area (Å²) in [5, 5.41) is 0. The Morgan fingerprint density at radius 1 is 1.15 bits per heavy atom. The zero-order valence-corrected chi connectivity index (χ0v) is 7.79. The van der Waals surface area contributed by atoms with Crippen molar-refractivity contribution in [3.63, 3.8) is 0 Å². The Hall–Kier alpha value is -1.08. The molecule has 1 aromatic carbocycles. The molecule has 0 amide bonds. The van der Waals surface area contributed by atoms with Crippen LogP contribution in [0.5, 0.6) is 0 Å². The minimum Gasteiger partial charge on any atom is -0.327 e. The van der Waals surface area contributed by atoms with Gasteiger partial charge in [-0.1, -0.05) is 35.9 Å². The van der Waals surface area contributed by atoms with Crippen LogP contribution >= 0.6 is 0 Å². The molecule has 0 saturated carbocycles. The van der Waals surface area contributed by atoms with Gasteiger partial charge in [0.25, 0.3) is 0 Å². The SMILES string of the molecule is NCC=C1CCc2ccccc2C1. The molecule has 68 valence electrons. The number of hydrogen-bond acceptors (Lipinski definition) is 1. The number of aryl methyl sites for hydroxylation is 1. The van der Waals surface area contributed by atoms with E-state index in [1.807, 2.05) is 0 Å². The van der Waals surface area contributed by atoms with Gasteiger partial charge in [0.15, 0.2) is 0 Å². The van der Waals surface area contributed by atoms with E-state index in [1.54, 1.807) is 0 Å². The first-order chi connectivity index (χ1) is 6.40. The Balaban J connectivity index is 2.24. The van der Waals surface area contributed by atoms with Crippen molar-refractivity contribution >= 4 is 0 Å². The molecule has 0 radical (unpaired) electrons. The van der Waals surface area contributed by atoms with Gasteiger partial charge in [-0.25, -0.2) is 0 Å². The van der Waals surface area contributed by atoms with Crippen LogP contribution in [0.3, 0.4) is 0 Å². The zero-order valence-electron chi connectivity index (χ0n) is 7.79. The van der Waals surface area contributed by atoms with Gasteiger partial charge >= 0.3 is 0 Å². The van der Waals surface area contributed by atoms with Gasteiger partial charge in [0, 0.05) is 6.54 Å². The molecule has 0 aliphatic heterocycles. The van der Waals surface area contributed by atoms with Gasteiger partial charge < -0.3 is 5.73 Å². The van der Waals surface area contributed by atoms with E-state index in [2.05, 4.69) is 30.3 Å². The largest absolute Gasteiger partial charge is 0.327 e. The van der Waals surface area contributed by atoms with E-state index in [9.17, 15) is 0 Å². The maximum atomic E-state index is 5.50. The summed E-state index contributed by atoms with van der Waals surface area (Å²) in [7, 11) is 0. The van der Waals surface area contributed by atoms with E-state index in [0.29, 0.717) is 6.54 Å². The van der Waals surface area contributed by atoms with Crippen LogP contribution in [0.1, 0.15) is 17.5 Å². The van der Waals surface area contributed by atoms with Gasteiger partial charge in [0.1, 0.15) is 0 Å². The highest BCUT2D eigenvalue weighted by molar-refractivity contribution is 5.35. The predicted molar refractivity (Wildman–Crippen MR) is 55.6 cm³/mol. The van der Waals surface area contributed by atoms with Crippen molar-refractivity contribution < 1.29 is 0 Å². The summed E-state index contributed by atoms with van der Waals surface area (Å²) in [6.45, 7) is 0.678. The molecule has 1 nitrogen and oxygen atoms in total. The van der Waals surface area contributed by atoms with Gasteiger partial charge in [-0.05, 0) is 30.4 Å². The van der Waals surface area contributed by atoms with Crippen molar-refractivity contribution in [1.29, 1.82) is 0 Å². The van der Waals surface area contributed by atoms with E-state index in [1.165, 1.54) is 29.5 Å². The Kier molecular flexibility index (Phi) is 2.46. The molecule has 2 N–H and O–H groups in total. The average Bonchev–Trinajstić information content (AvgIpc) is 2.18. The van der Waals surface area contributed by atoms with E-state index >= 15 is 0 Å². The third-order valence-electron chi connectivity index (χ3n) is 2.66. The van der Waals surface area contributed by atoms with Crippen molar-refractivity contribution in [2.75, 3.05) is 6.54 Å². The van der Waals surface area contributed by atoms with E-state index < -0.39 is 0 Å². The van der Waals surface area contributed by atoms with Gasteiger partial charge in [0.2, 0.25) is 0 Å². The third-order valence-corrected chi connectivity index (χ3v) is 2.66. The lowest BCUT2D eigenvalue weighted by molar-refractivity contribution is 0.830. The minimum absolute atomic E-state index is 0.678. The molecule has 0 aromatic heterocycles. The Labute approximate surface area is 79.3 Å². The van der Waals surface area contributed by atoms with Crippen LogP contribution in [0.2, 0.25) is 0 Å². The molecule has 0 unspecified atom stereocenters. The zero-order chi connectivity index (χ0) is 9.10. The number of fused-ring (bicyclic) bond motifs is 1. The van der Waals surface area contributed by atoms with E-state index in [-0.39, 0.29) is 0 Å². The number of rotatable bonds is 1. The van der Waals surface area contributed by atoms with Crippen LogP contribution < -0.4 is 5.73 Å². The van der Waals surface area contributed by atoms with Crippen LogP contribution in [0.15, 0.2) is 35.9 Å². The molecule has 1 aliphatic carbocycles. The van der Waals surface area contributed by atoms with Crippen LogP contribution in [-0.4, -0.2) is 6.54 Å². The smallest absolute Gasteiger partial charge is 0.0109 e. The monoisotopic (exact) mass is 173 g/mol. The lowest BCUT2D eigenvalue weighted by atomic mass is 9.88. The highest BCUT2D eigenvalue weighted by atomic mass is 14.5. The molecule has 1 heteroatoms. The van der Waals surface area contributed by atoms with Gasteiger partial charge in [-0.15, -0.1) is 0 Å². The highest BCUT2D eigenvalue weighted by Crippen LogP contribution is 2.24. The maximum Gasteiger partial charge on any atom is 0.0109 e. The second-order valence-electron chi connectivity index (χ2n) is 3.54. The number of allylic oxidation sites excluding steroid dienone is 1. The van der Waals surface area contributed by atoms with Crippen LogP contribution in [0, 0.1) is 0 Å². The van der Waals surface area contributed by atoms with Gasteiger partial charge in [0.05, 0.1) is 0 Å². The topological polar surface area (TPSA) is 26.0 Å². The first-order valence-corrected chi connectivity index (χ1v) is 4.85. The lowest BCUT2D eigenvalue weighted by Crippen LogP contribution is -2.07. The fraction of sp³-hybridized carbons (Fsp3) is 0.333. The molecule has 13 heavy (non-hydrogen) atoms. The van der Waals surface area contributed by atoms with Crippen molar-refractivity contribution in [3.05, 3.63) is 47.0 Å². The Morgan fingerprint density at radius 2 is 1.92 bits per heavy atom. The summed E-state index contributed by atoms with van der Waals surface area (Å²) in [5.74, 6) is 0. The first kappa shape index (κ1) is 8.52. The summed E-state index contributed by atoms with van der Waals surface area (Å²) in [4.78, 5) is 0. The number of nitrogens with two attached hydrogens (primary N) is 1. The standard InChI is InChI=1S/C12H15N/c13-8-7-10-5-6-11-3-1-2-4-12(11)9-10/h1-4,7H,5-6,8-9,13H2. The van der Waals surface area contributed by atoms with Crippen LogP contribution in [0.25, 0.3) is 0 Å². The molecule has 0 bridgehead atoms. The molecule has 0 saturated heterocycles. The first-order valence-electron chi connectivity index (χ1n) is 4.85. The van der Waals surface area contributed by atoms with E-state index in [0.717, 1.165) is 6.42 Å². The van der Waals surface area contributed by atoms with Crippen molar-refractivity contribution in [1.82, 2.24) is 0 Å². The maximum absolute atomic E-state index is 5.50. The van der Waals surface area contributed by atoms with Gasteiger partial charge in [-0.3, -0.25) is 0 Å². The molecule has 0 fully saturated rings.